The van der Waals surface area contributed by atoms with Crippen molar-refractivity contribution in [2.24, 2.45) is 11.7 Å². The molecule has 0 radical (unpaired) electrons. The second-order valence-corrected chi connectivity index (χ2v) is 9.41. The molecule has 11 heteroatoms. The zero-order valence-corrected chi connectivity index (χ0v) is 20.8. The molecule has 0 aromatic heterocycles. The number of nitrogens with two attached hydrogens (primary N) is 1. The van der Waals surface area contributed by atoms with E-state index in [1.54, 1.807) is 38.1 Å². The molecule has 0 saturated carbocycles. The molecular formula is C23H36N4O6S. The zero-order chi connectivity index (χ0) is 25.8. The number of carbonyl (C=O) groups excluding carboxylic acids is 3. The van der Waals surface area contributed by atoms with Crippen molar-refractivity contribution in [1.29, 1.82) is 0 Å². The van der Waals surface area contributed by atoms with Gasteiger partial charge in [-0.2, -0.15) is 11.8 Å². The Morgan fingerprint density at radius 1 is 0.941 bits per heavy atom. The summed E-state index contributed by atoms with van der Waals surface area (Å²) in [5.41, 5.74) is 6.40. The van der Waals surface area contributed by atoms with Crippen LogP contribution in [0.1, 0.15) is 32.8 Å². The number of aliphatic hydroxyl groups is 1. The van der Waals surface area contributed by atoms with Crippen LogP contribution < -0.4 is 21.7 Å². The van der Waals surface area contributed by atoms with E-state index in [4.69, 9.17) is 5.73 Å². The number of rotatable bonds is 14. The first-order valence-electron chi connectivity index (χ1n) is 11.1. The van der Waals surface area contributed by atoms with Gasteiger partial charge in [0.15, 0.2) is 0 Å². The van der Waals surface area contributed by atoms with Gasteiger partial charge in [0.2, 0.25) is 17.7 Å². The van der Waals surface area contributed by atoms with Gasteiger partial charge in [0.25, 0.3) is 0 Å². The number of carboxylic acids is 1. The molecule has 190 valence electrons. The van der Waals surface area contributed by atoms with Gasteiger partial charge < -0.3 is 31.9 Å². The predicted molar refractivity (Wildman–Crippen MR) is 131 cm³/mol. The fourth-order valence-corrected chi connectivity index (χ4v) is 3.56. The maximum Gasteiger partial charge on any atom is 0.326 e. The lowest BCUT2D eigenvalue weighted by Gasteiger charge is -2.27. The summed E-state index contributed by atoms with van der Waals surface area (Å²) in [4.78, 5) is 49.9. The van der Waals surface area contributed by atoms with Crippen LogP contribution in [0.4, 0.5) is 0 Å². The fourth-order valence-electron chi connectivity index (χ4n) is 3.09. The van der Waals surface area contributed by atoms with Crippen molar-refractivity contribution in [3.05, 3.63) is 35.9 Å². The molecular weight excluding hydrogens is 460 g/mol. The van der Waals surface area contributed by atoms with Gasteiger partial charge in [-0.05, 0) is 36.8 Å². The number of thioether (sulfide) groups is 1. The van der Waals surface area contributed by atoms with E-state index in [2.05, 4.69) is 16.0 Å². The van der Waals surface area contributed by atoms with Gasteiger partial charge in [0, 0.05) is 6.42 Å². The maximum atomic E-state index is 13.0. The number of hydrogen-bond donors (Lipinski definition) is 6. The minimum Gasteiger partial charge on any atom is -0.480 e. The van der Waals surface area contributed by atoms with Gasteiger partial charge in [-0.25, -0.2) is 4.79 Å². The predicted octanol–water partition coefficient (Wildman–Crippen LogP) is -0.115. The molecule has 0 bridgehead atoms. The lowest BCUT2D eigenvalue weighted by atomic mass is 10.0. The Labute approximate surface area is 204 Å². The number of carbonyl (C=O) groups is 4. The Hall–Kier alpha value is -2.63. The van der Waals surface area contributed by atoms with Crippen molar-refractivity contribution < 1.29 is 29.4 Å². The van der Waals surface area contributed by atoms with Gasteiger partial charge >= 0.3 is 5.97 Å². The highest BCUT2D eigenvalue weighted by Gasteiger charge is 2.32. The van der Waals surface area contributed by atoms with E-state index in [1.165, 1.54) is 18.7 Å². The average Bonchev–Trinajstić information content (AvgIpc) is 2.78. The van der Waals surface area contributed by atoms with Crippen molar-refractivity contribution in [3.8, 4) is 0 Å². The lowest BCUT2D eigenvalue weighted by molar-refractivity contribution is -0.142. The molecule has 5 atom stereocenters. The molecule has 0 heterocycles. The van der Waals surface area contributed by atoms with Crippen LogP contribution >= 0.6 is 11.8 Å². The van der Waals surface area contributed by atoms with Crippen molar-refractivity contribution in [1.82, 2.24) is 16.0 Å². The molecule has 0 fully saturated rings. The molecule has 7 N–H and O–H groups in total. The van der Waals surface area contributed by atoms with Crippen LogP contribution in [-0.4, -0.2) is 76.2 Å². The molecule has 0 aliphatic carbocycles. The van der Waals surface area contributed by atoms with Crippen molar-refractivity contribution in [3.63, 3.8) is 0 Å². The van der Waals surface area contributed by atoms with E-state index in [9.17, 15) is 29.4 Å². The van der Waals surface area contributed by atoms with Gasteiger partial charge in [-0.1, -0.05) is 44.2 Å². The Balaban J connectivity index is 2.96. The molecule has 0 spiro atoms. The second-order valence-electron chi connectivity index (χ2n) is 8.43. The highest BCUT2D eigenvalue weighted by Crippen LogP contribution is 2.08. The maximum absolute atomic E-state index is 13.0. The van der Waals surface area contributed by atoms with Crippen molar-refractivity contribution in [2.45, 2.75) is 63.9 Å². The summed E-state index contributed by atoms with van der Waals surface area (Å²) in [5, 5.41) is 26.8. The normalized spacial score (nSPS) is 15.5. The molecule has 10 nitrogen and oxygen atoms in total. The third-order valence-corrected chi connectivity index (χ3v) is 5.85. The molecule has 1 rings (SSSR count). The number of aliphatic hydroxyl groups excluding tert-OH is 1. The first-order chi connectivity index (χ1) is 16.0. The molecule has 1 aromatic carbocycles. The summed E-state index contributed by atoms with van der Waals surface area (Å²) in [6.07, 6.45) is 1.10. The first kappa shape index (κ1) is 29.4. The summed E-state index contributed by atoms with van der Waals surface area (Å²) >= 11 is 1.47. The van der Waals surface area contributed by atoms with Crippen molar-refractivity contribution >= 4 is 35.5 Å². The average molecular weight is 497 g/mol. The van der Waals surface area contributed by atoms with Crippen LogP contribution in [0.2, 0.25) is 0 Å². The number of amides is 3. The summed E-state index contributed by atoms with van der Waals surface area (Å²) in [7, 11) is 0. The molecule has 5 unspecified atom stereocenters. The van der Waals surface area contributed by atoms with Crippen LogP contribution in [0.3, 0.4) is 0 Å². The highest BCUT2D eigenvalue weighted by atomic mass is 32.2. The molecule has 0 aliphatic rings. The molecule has 34 heavy (non-hydrogen) atoms. The third-order valence-electron chi connectivity index (χ3n) is 5.21. The van der Waals surface area contributed by atoms with Gasteiger partial charge in [-0.3, -0.25) is 14.4 Å². The first-order valence-corrected chi connectivity index (χ1v) is 12.5. The summed E-state index contributed by atoms with van der Waals surface area (Å²) in [6.45, 7) is 4.80. The fraction of sp³-hybridized carbons (Fsp3) is 0.565. The van der Waals surface area contributed by atoms with Gasteiger partial charge in [-0.15, -0.1) is 0 Å². The Morgan fingerprint density at radius 3 is 2.03 bits per heavy atom. The largest absolute Gasteiger partial charge is 0.480 e. The van der Waals surface area contributed by atoms with Crippen LogP contribution in [0.5, 0.6) is 0 Å². The van der Waals surface area contributed by atoms with Crippen LogP contribution in [0.15, 0.2) is 30.3 Å². The minimum atomic E-state index is -1.21. The number of aliphatic carboxylic acids is 1. The topological polar surface area (TPSA) is 171 Å². The quantitative estimate of drug-likeness (QED) is 0.207. The summed E-state index contributed by atoms with van der Waals surface area (Å²) in [5.74, 6) is -2.90. The Kier molecular flexibility index (Phi) is 12.6. The number of benzene rings is 1. The van der Waals surface area contributed by atoms with Crippen LogP contribution in [0.25, 0.3) is 0 Å². The summed E-state index contributed by atoms with van der Waals surface area (Å²) in [6, 6.07) is 4.52. The monoisotopic (exact) mass is 496 g/mol. The standard InChI is InChI=1S/C23H36N4O6S/c1-13(2)19(27-21(30)18(24)14(3)28)22(31)25-16(10-11-34-4)20(29)26-17(23(32)33)12-15-8-6-5-7-9-15/h5-9,13-14,16-19,28H,10-12,24H2,1-4H3,(H,25,31)(H,26,29)(H,27,30)(H,32,33). The second kappa shape index (κ2) is 14.6. The van der Waals surface area contributed by atoms with Crippen LogP contribution in [-0.2, 0) is 25.6 Å². The van der Waals surface area contributed by atoms with Gasteiger partial charge in [0.05, 0.1) is 6.10 Å². The van der Waals surface area contributed by atoms with E-state index in [-0.39, 0.29) is 18.8 Å². The van der Waals surface area contributed by atoms with E-state index in [0.717, 1.165) is 5.56 Å². The van der Waals surface area contributed by atoms with E-state index < -0.39 is 54.0 Å². The highest BCUT2D eigenvalue weighted by molar-refractivity contribution is 7.98. The van der Waals surface area contributed by atoms with Gasteiger partial charge in [0.1, 0.15) is 24.2 Å². The molecule has 3 amide bonds. The zero-order valence-electron chi connectivity index (χ0n) is 20.0. The number of carboxylic acid groups (broad SMARTS) is 1. The number of hydrogen-bond acceptors (Lipinski definition) is 7. The molecule has 0 saturated heterocycles. The Bertz CT molecular complexity index is 821. The Morgan fingerprint density at radius 2 is 1.53 bits per heavy atom. The van der Waals surface area contributed by atoms with E-state index in [0.29, 0.717) is 5.75 Å². The van der Waals surface area contributed by atoms with E-state index in [1.807, 2.05) is 12.3 Å². The van der Waals surface area contributed by atoms with Crippen LogP contribution in [0, 0.1) is 5.92 Å². The number of nitrogens with one attached hydrogen (secondary N) is 3. The molecule has 1 aromatic rings. The van der Waals surface area contributed by atoms with Crippen molar-refractivity contribution in [2.75, 3.05) is 12.0 Å². The minimum absolute atomic E-state index is 0.0903. The third kappa shape index (κ3) is 9.70. The lowest BCUT2D eigenvalue weighted by Crippen LogP contribution is -2.59. The smallest absolute Gasteiger partial charge is 0.326 e. The SMILES string of the molecule is CSCCC(NC(=O)C(NC(=O)C(N)C(C)O)C(C)C)C(=O)NC(Cc1ccccc1)C(=O)O. The summed E-state index contributed by atoms with van der Waals surface area (Å²) < 4.78 is 0. The molecule has 0 aliphatic heterocycles. The van der Waals surface area contributed by atoms with E-state index >= 15 is 0 Å².